The van der Waals surface area contributed by atoms with Gasteiger partial charge in [0.1, 0.15) is 0 Å². The van der Waals surface area contributed by atoms with E-state index in [4.69, 9.17) is 5.73 Å². The number of nitrogens with two attached hydrogens (primary N) is 1. The van der Waals surface area contributed by atoms with Crippen LogP contribution in [-0.2, 0) is 9.59 Å². The van der Waals surface area contributed by atoms with Crippen LogP contribution in [0.2, 0.25) is 0 Å². The molecule has 1 rings (SSSR count). The molecule has 0 unspecified atom stereocenters. The highest BCUT2D eigenvalue weighted by Gasteiger charge is 2.33. The average Bonchev–Trinajstić information content (AvgIpc) is 2.30. The second-order valence-electron chi connectivity index (χ2n) is 5.25. The summed E-state index contributed by atoms with van der Waals surface area (Å²) < 4.78 is 0. The quantitative estimate of drug-likeness (QED) is 0.773. The van der Waals surface area contributed by atoms with Crippen LogP contribution in [0.15, 0.2) is 0 Å². The second-order valence-corrected chi connectivity index (χ2v) is 5.25. The SMILES string of the molecule is CC(=O)N(C(C)C)[C@H]1CCCC[C@@H]1NC(=O)CN. The molecule has 1 aliphatic carbocycles. The van der Waals surface area contributed by atoms with Gasteiger partial charge in [-0.3, -0.25) is 9.59 Å². The van der Waals surface area contributed by atoms with Gasteiger partial charge in [-0.2, -0.15) is 0 Å². The van der Waals surface area contributed by atoms with E-state index in [-0.39, 0.29) is 36.5 Å². The maximum Gasteiger partial charge on any atom is 0.234 e. The number of amides is 2. The van der Waals surface area contributed by atoms with E-state index in [1.807, 2.05) is 18.7 Å². The molecule has 0 aromatic heterocycles. The molecular formula is C13H25N3O2. The molecule has 18 heavy (non-hydrogen) atoms. The standard InChI is InChI=1S/C13H25N3O2/c1-9(2)16(10(3)17)12-7-5-4-6-11(12)15-13(18)8-14/h9,11-12H,4-8,14H2,1-3H3,(H,15,18)/t11-,12-/m0/s1. The van der Waals surface area contributed by atoms with E-state index in [1.165, 1.54) is 0 Å². The predicted molar refractivity (Wildman–Crippen MR) is 70.9 cm³/mol. The molecule has 2 atom stereocenters. The Kier molecular flexibility index (Phi) is 5.59. The van der Waals surface area contributed by atoms with Gasteiger partial charge in [-0.25, -0.2) is 0 Å². The third-order valence-corrected chi connectivity index (χ3v) is 3.54. The van der Waals surface area contributed by atoms with Gasteiger partial charge in [-0.15, -0.1) is 0 Å². The highest BCUT2D eigenvalue weighted by Crippen LogP contribution is 2.25. The fourth-order valence-electron chi connectivity index (χ4n) is 2.86. The monoisotopic (exact) mass is 255 g/mol. The van der Waals surface area contributed by atoms with Crippen LogP contribution >= 0.6 is 0 Å². The Balaban J connectivity index is 2.79. The molecule has 0 radical (unpaired) electrons. The smallest absolute Gasteiger partial charge is 0.234 e. The zero-order valence-corrected chi connectivity index (χ0v) is 11.6. The molecule has 5 heteroatoms. The van der Waals surface area contributed by atoms with Gasteiger partial charge in [0.05, 0.1) is 12.6 Å². The summed E-state index contributed by atoms with van der Waals surface area (Å²) in [4.78, 5) is 25.1. The predicted octanol–water partition coefficient (Wildman–Crippen LogP) is 0.629. The van der Waals surface area contributed by atoms with Crippen molar-refractivity contribution in [3.05, 3.63) is 0 Å². The van der Waals surface area contributed by atoms with Crippen LogP contribution in [0.4, 0.5) is 0 Å². The van der Waals surface area contributed by atoms with Crippen LogP contribution in [0.3, 0.4) is 0 Å². The van der Waals surface area contributed by atoms with Gasteiger partial charge < -0.3 is 16.0 Å². The van der Waals surface area contributed by atoms with Crippen molar-refractivity contribution >= 4 is 11.8 Å². The van der Waals surface area contributed by atoms with E-state index >= 15 is 0 Å². The topological polar surface area (TPSA) is 75.4 Å². The van der Waals surface area contributed by atoms with Crippen molar-refractivity contribution < 1.29 is 9.59 Å². The van der Waals surface area contributed by atoms with Gasteiger partial charge in [0.25, 0.3) is 0 Å². The van der Waals surface area contributed by atoms with Crippen molar-refractivity contribution in [3.63, 3.8) is 0 Å². The minimum atomic E-state index is -0.140. The fraction of sp³-hybridized carbons (Fsp3) is 0.846. The minimum Gasteiger partial charge on any atom is -0.350 e. The summed E-state index contributed by atoms with van der Waals surface area (Å²) in [7, 11) is 0. The molecule has 1 aliphatic rings. The van der Waals surface area contributed by atoms with Gasteiger partial charge in [-0.05, 0) is 26.7 Å². The van der Waals surface area contributed by atoms with E-state index in [1.54, 1.807) is 6.92 Å². The molecule has 0 saturated heterocycles. The highest BCUT2D eigenvalue weighted by atomic mass is 16.2. The average molecular weight is 255 g/mol. The lowest BCUT2D eigenvalue weighted by Crippen LogP contribution is -2.57. The van der Waals surface area contributed by atoms with Crippen LogP contribution in [0, 0.1) is 0 Å². The van der Waals surface area contributed by atoms with E-state index in [0.29, 0.717) is 0 Å². The summed E-state index contributed by atoms with van der Waals surface area (Å²) in [6.45, 7) is 5.62. The first kappa shape index (κ1) is 15.0. The summed E-state index contributed by atoms with van der Waals surface area (Å²) in [6.07, 6.45) is 4.08. The van der Waals surface area contributed by atoms with Crippen molar-refractivity contribution in [1.82, 2.24) is 10.2 Å². The third kappa shape index (κ3) is 3.70. The Morgan fingerprint density at radius 2 is 1.94 bits per heavy atom. The highest BCUT2D eigenvalue weighted by molar-refractivity contribution is 5.78. The number of nitrogens with zero attached hydrogens (tertiary/aromatic N) is 1. The van der Waals surface area contributed by atoms with Crippen molar-refractivity contribution in [2.45, 2.75) is 64.6 Å². The lowest BCUT2D eigenvalue weighted by atomic mass is 9.88. The van der Waals surface area contributed by atoms with Crippen LogP contribution < -0.4 is 11.1 Å². The van der Waals surface area contributed by atoms with E-state index in [2.05, 4.69) is 5.32 Å². The Morgan fingerprint density at radius 1 is 1.33 bits per heavy atom. The van der Waals surface area contributed by atoms with Crippen molar-refractivity contribution in [2.75, 3.05) is 6.54 Å². The zero-order chi connectivity index (χ0) is 13.7. The summed E-state index contributed by atoms with van der Waals surface area (Å²) in [6, 6.07) is 0.302. The Labute approximate surface area is 109 Å². The Morgan fingerprint density at radius 3 is 2.44 bits per heavy atom. The van der Waals surface area contributed by atoms with Crippen molar-refractivity contribution in [3.8, 4) is 0 Å². The molecule has 3 N–H and O–H groups in total. The number of carbonyl (C=O) groups is 2. The molecule has 0 aromatic carbocycles. The molecule has 2 amide bonds. The maximum absolute atomic E-state index is 11.8. The zero-order valence-electron chi connectivity index (χ0n) is 11.6. The molecule has 0 spiro atoms. The number of hydrogen-bond acceptors (Lipinski definition) is 3. The molecule has 1 fully saturated rings. The lowest BCUT2D eigenvalue weighted by molar-refractivity contribution is -0.135. The summed E-state index contributed by atoms with van der Waals surface area (Å²) in [5, 5.41) is 2.95. The third-order valence-electron chi connectivity index (χ3n) is 3.54. The van der Waals surface area contributed by atoms with Crippen molar-refractivity contribution in [1.29, 1.82) is 0 Å². The second kappa shape index (κ2) is 6.73. The summed E-state index contributed by atoms with van der Waals surface area (Å²) in [5.74, 6) is -0.0666. The fourth-order valence-corrected chi connectivity index (χ4v) is 2.86. The van der Waals surface area contributed by atoms with Crippen LogP contribution in [0.1, 0.15) is 46.5 Å². The molecule has 0 heterocycles. The van der Waals surface area contributed by atoms with E-state index in [9.17, 15) is 9.59 Å². The first-order valence-corrected chi connectivity index (χ1v) is 6.75. The summed E-state index contributed by atoms with van der Waals surface area (Å²) in [5.41, 5.74) is 5.34. The number of hydrogen-bond donors (Lipinski definition) is 2. The first-order chi connectivity index (χ1) is 8.47. The molecule has 0 aromatic rings. The minimum absolute atomic E-state index is 0.00493. The lowest BCUT2D eigenvalue weighted by Gasteiger charge is -2.42. The van der Waals surface area contributed by atoms with Crippen LogP contribution in [-0.4, -0.2) is 41.4 Å². The molecule has 104 valence electrons. The van der Waals surface area contributed by atoms with Gasteiger partial charge in [-0.1, -0.05) is 12.8 Å². The normalized spacial score (nSPS) is 23.8. The maximum atomic E-state index is 11.8. The van der Waals surface area contributed by atoms with E-state index in [0.717, 1.165) is 25.7 Å². The van der Waals surface area contributed by atoms with E-state index < -0.39 is 0 Å². The van der Waals surface area contributed by atoms with Gasteiger partial charge >= 0.3 is 0 Å². The van der Waals surface area contributed by atoms with Crippen LogP contribution in [0.25, 0.3) is 0 Å². The molecule has 1 saturated carbocycles. The molecule has 0 aliphatic heterocycles. The van der Waals surface area contributed by atoms with Crippen molar-refractivity contribution in [2.24, 2.45) is 5.73 Å². The largest absolute Gasteiger partial charge is 0.350 e. The summed E-state index contributed by atoms with van der Waals surface area (Å²) >= 11 is 0. The number of carbonyl (C=O) groups excluding carboxylic acids is 2. The molecule has 0 bridgehead atoms. The van der Waals surface area contributed by atoms with Crippen LogP contribution in [0.5, 0.6) is 0 Å². The van der Waals surface area contributed by atoms with Gasteiger partial charge in [0, 0.05) is 19.0 Å². The number of nitrogens with one attached hydrogen (secondary N) is 1. The Bertz CT molecular complexity index is 305. The van der Waals surface area contributed by atoms with Gasteiger partial charge in [0.2, 0.25) is 11.8 Å². The number of rotatable bonds is 4. The Hall–Kier alpha value is -1.10. The molecule has 5 nitrogen and oxygen atoms in total. The molecular weight excluding hydrogens is 230 g/mol. The first-order valence-electron chi connectivity index (χ1n) is 6.75. The van der Waals surface area contributed by atoms with Gasteiger partial charge in [0.15, 0.2) is 0 Å².